The molecule has 0 amide bonds. The predicted molar refractivity (Wildman–Crippen MR) is 52.9 cm³/mol. The lowest BCUT2D eigenvalue weighted by atomic mass is 10.1. The fraction of sp³-hybridized carbons (Fsp3) is 0.273. The van der Waals surface area contributed by atoms with Gasteiger partial charge in [0.2, 0.25) is 0 Å². The predicted octanol–water partition coefficient (Wildman–Crippen LogP) is 1.79. The van der Waals surface area contributed by atoms with Gasteiger partial charge in [0.25, 0.3) is 0 Å². The molecule has 1 aromatic rings. The summed E-state index contributed by atoms with van der Waals surface area (Å²) >= 11 is 0. The normalized spacial score (nSPS) is 13.9. The van der Waals surface area contributed by atoms with E-state index in [-0.39, 0.29) is 5.97 Å². The van der Waals surface area contributed by atoms with Gasteiger partial charge in [-0.1, -0.05) is 6.07 Å². The van der Waals surface area contributed by atoms with Crippen molar-refractivity contribution in [1.82, 2.24) is 0 Å². The Morgan fingerprint density at radius 2 is 2.21 bits per heavy atom. The highest BCUT2D eigenvalue weighted by Crippen LogP contribution is 2.23. The second kappa shape index (κ2) is 3.25. The van der Waals surface area contributed by atoms with Crippen LogP contribution in [0.5, 0.6) is 0 Å². The number of rotatable bonds is 1. The van der Waals surface area contributed by atoms with Crippen molar-refractivity contribution in [2.75, 3.05) is 7.11 Å². The standard InChI is InChI=1S/C11H11NO2/c1-14-11(13)8-3-2-7-4-5-10(12)9(7)6-8/h2-3,6,12H,4-5H2,1H3. The Kier molecular flexibility index (Phi) is 2.08. The second-order valence-electron chi connectivity index (χ2n) is 3.34. The number of methoxy groups -OCH3 is 1. The lowest BCUT2D eigenvalue weighted by Gasteiger charge is -2.02. The third-order valence-electron chi connectivity index (χ3n) is 2.50. The Morgan fingerprint density at radius 1 is 1.43 bits per heavy atom. The number of carbonyl (C=O) groups is 1. The van der Waals surface area contributed by atoms with Crippen LogP contribution in [0.15, 0.2) is 18.2 Å². The maximum absolute atomic E-state index is 11.2. The van der Waals surface area contributed by atoms with Gasteiger partial charge in [-0.2, -0.15) is 0 Å². The number of fused-ring (bicyclic) bond motifs is 1. The molecule has 0 saturated carbocycles. The highest BCUT2D eigenvalue weighted by molar-refractivity contribution is 6.04. The monoisotopic (exact) mass is 189 g/mol. The van der Waals surface area contributed by atoms with E-state index in [1.54, 1.807) is 12.1 Å². The zero-order valence-electron chi connectivity index (χ0n) is 7.96. The fourth-order valence-corrected chi connectivity index (χ4v) is 1.71. The summed E-state index contributed by atoms with van der Waals surface area (Å²) in [6.07, 6.45) is 1.69. The zero-order valence-corrected chi connectivity index (χ0v) is 7.96. The number of hydrogen-bond acceptors (Lipinski definition) is 3. The van der Waals surface area contributed by atoms with E-state index in [0.717, 1.165) is 24.0 Å². The minimum Gasteiger partial charge on any atom is -0.465 e. The van der Waals surface area contributed by atoms with Gasteiger partial charge in [0.05, 0.1) is 12.7 Å². The first kappa shape index (κ1) is 8.94. The van der Waals surface area contributed by atoms with Crippen molar-refractivity contribution < 1.29 is 9.53 Å². The Labute approximate surface area is 82.2 Å². The molecule has 0 radical (unpaired) electrons. The van der Waals surface area contributed by atoms with Gasteiger partial charge in [0.15, 0.2) is 0 Å². The molecule has 0 unspecified atom stereocenters. The highest BCUT2D eigenvalue weighted by Gasteiger charge is 2.18. The number of nitrogens with one attached hydrogen (secondary N) is 1. The van der Waals surface area contributed by atoms with Crippen LogP contribution in [0.3, 0.4) is 0 Å². The van der Waals surface area contributed by atoms with Gasteiger partial charge < -0.3 is 10.1 Å². The maximum atomic E-state index is 11.2. The highest BCUT2D eigenvalue weighted by atomic mass is 16.5. The molecule has 1 aromatic carbocycles. The van der Waals surface area contributed by atoms with Gasteiger partial charge in [-0.3, -0.25) is 0 Å². The van der Waals surface area contributed by atoms with E-state index in [9.17, 15) is 4.79 Å². The average Bonchev–Trinajstić information content (AvgIpc) is 2.59. The first-order valence-corrected chi connectivity index (χ1v) is 4.51. The van der Waals surface area contributed by atoms with Crippen LogP contribution in [0.2, 0.25) is 0 Å². The molecule has 1 aliphatic carbocycles. The molecule has 0 aromatic heterocycles. The molecular formula is C11H11NO2. The first-order valence-electron chi connectivity index (χ1n) is 4.51. The zero-order chi connectivity index (χ0) is 10.1. The number of hydrogen-bond donors (Lipinski definition) is 1. The van der Waals surface area contributed by atoms with Crippen LogP contribution >= 0.6 is 0 Å². The Bertz CT molecular complexity index is 410. The summed E-state index contributed by atoms with van der Waals surface area (Å²) in [5, 5.41) is 7.67. The van der Waals surface area contributed by atoms with Crippen LogP contribution in [0, 0.1) is 5.41 Å². The summed E-state index contributed by atoms with van der Waals surface area (Å²) < 4.78 is 4.62. The first-order chi connectivity index (χ1) is 6.72. The summed E-state index contributed by atoms with van der Waals surface area (Å²) in [7, 11) is 1.36. The van der Waals surface area contributed by atoms with E-state index >= 15 is 0 Å². The topological polar surface area (TPSA) is 50.2 Å². The minimum atomic E-state index is -0.340. The van der Waals surface area contributed by atoms with E-state index < -0.39 is 0 Å². The molecule has 0 heterocycles. The average molecular weight is 189 g/mol. The summed E-state index contributed by atoms with van der Waals surface area (Å²) in [5.41, 5.74) is 3.19. The van der Waals surface area contributed by atoms with E-state index in [2.05, 4.69) is 4.74 Å². The van der Waals surface area contributed by atoms with Gasteiger partial charge in [-0.05, 0) is 36.1 Å². The van der Waals surface area contributed by atoms with Gasteiger partial charge >= 0.3 is 5.97 Å². The Hall–Kier alpha value is -1.64. The van der Waals surface area contributed by atoms with E-state index in [1.807, 2.05) is 6.07 Å². The summed E-state index contributed by atoms with van der Waals surface area (Å²) in [6, 6.07) is 5.41. The molecule has 0 atom stereocenters. The van der Waals surface area contributed by atoms with Crippen molar-refractivity contribution in [1.29, 1.82) is 5.41 Å². The Morgan fingerprint density at radius 3 is 2.93 bits per heavy atom. The molecule has 0 fully saturated rings. The van der Waals surface area contributed by atoms with Crippen molar-refractivity contribution in [2.24, 2.45) is 0 Å². The SMILES string of the molecule is COC(=O)c1ccc2c(c1)C(=N)CC2. The van der Waals surface area contributed by atoms with Crippen molar-refractivity contribution in [3.63, 3.8) is 0 Å². The summed E-state index contributed by atoms with van der Waals surface area (Å²) in [6.45, 7) is 0. The molecule has 1 N–H and O–H groups in total. The summed E-state index contributed by atoms with van der Waals surface area (Å²) in [5.74, 6) is -0.340. The second-order valence-corrected chi connectivity index (χ2v) is 3.34. The van der Waals surface area contributed by atoms with Crippen LogP contribution in [0.1, 0.15) is 27.9 Å². The van der Waals surface area contributed by atoms with Gasteiger partial charge in [0, 0.05) is 5.71 Å². The molecule has 72 valence electrons. The van der Waals surface area contributed by atoms with Crippen molar-refractivity contribution in [2.45, 2.75) is 12.8 Å². The number of esters is 1. The lowest BCUT2D eigenvalue weighted by molar-refractivity contribution is 0.0600. The minimum absolute atomic E-state index is 0.340. The van der Waals surface area contributed by atoms with Crippen molar-refractivity contribution in [3.8, 4) is 0 Å². The van der Waals surface area contributed by atoms with Crippen LogP contribution in [0.4, 0.5) is 0 Å². The maximum Gasteiger partial charge on any atom is 0.337 e. The number of benzene rings is 1. The van der Waals surface area contributed by atoms with Crippen LogP contribution in [-0.2, 0) is 11.2 Å². The quantitative estimate of drug-likeness (QED) is 0.684. The van der Waals surface area contributed by atoms with Crippen molar-refractivity contribution in [3.05, 3.63) is 34.9 Å². The fourth-order valence-electron chi connectivity index (χ4n) is 1.71. The number of carbonyl (C=O) groups excluding carboxylic acids is 1. The van der Waals surface area contributed by atoms with Gasteiger partial charge in [-0.15, -0.1) is 0 Å². The molecule has 14 heavy (non-hydrogen) atoms. The molecule has 3 heteroatoms. The molecule has 2 rings (SSSR count). The lowest BCUT2D eigenvalue weighted by Crippen LogP contribution is -2.03. The van der Waals surface area contributed by atoms with Gasteiger partial charge in [0.1, 0.15) is 0 Å². The van der Waals surface area contributed by atoms with E-state index in [4.69, 9.17) is 5.41 Å². The summed E-state index contributed by atoms with van der Waals surface area (Å²) in [4.78, 5) is 11.2. The molecular weight excluding hydrogens is 178 g/mol. The van der Waals surface area contributed by atoms with Crippen molar-refractivity contribution >= 4 is 11.7 Å². The van der Waals surface area contributed by atoms with Crippen LogP contribution < -0.4 is 0 Å². The molecule has 0 spiro atoms. The van der Waals surface area contributed by atoms with E-state index in [0.29, 0.717) is 11.3 Å². The molecule has 3 nitrogen and oxygen atoms in total. The number of aryl methyl sites for hydroxylation is 1. The van der Waals surface area contributed by atoms with Crippen LogP contribution in [-0.4, -0.2) is 18.8 Å². The molecule has 0 saturated heterocycles. The van der Waals surface area contributed by atoms with Gasteiger partial charge in [-0.25, -0.2) is 4.79 Å². The largest absolute Gasteiger partial charge is 0.465 e. The molecule has 0 bridgehead atoms. The smallest absolute Gasteiger partial charge is 0.337 e. The molecule has 1 aliphatic rings. The Balaban J connectivity index is 2.44. The van der Waals surface area contributed by atoms with E-state index in [1.165, 1.54) is 7.11 Å². The third kappa shape index (κ3) is 1.31. The number of ether oxygens (including phenoxy) is 1. The third-order valence-corrected chi connectivity index (χ3v) is 2.50. The van der Waals surface area contributed by atoms with Crippen LogP contribution in [0.25, 0.3) is 0 Å². The molecule has 0 aliphatic heterocycles.